The largest absolute Gasteiger partial charge is 0.462 e. The lowest BCUT2D eigenvalue weighted by atomic mass is 9.89. The van der Waals surface area contributed by atoms with E-state index in [2.05, 4.69) is 29.2 Å². The zero-order valence-corrected chi connectivity index (χ0v) is 13.4. The number of anilines is 1. The van der Waals surface area contributed by atoms with Gasteiger partial charge in [-0.05, 0) is 25.0 Å². The molecule has 0 radical (unpaired) electrons. The van der Waals surface area contributed by atoms with Gasteiger partial charge in [0.2, 0.25) is 0 Å². The number of furan rings is 1. The zero-order valence-electron chi connectivity index (χ0n) is 13.4. The van der Waals surface area contributed by atoms with E-state index in [1.807, 2.05) is 4.90 Å². The maximum absolute atomic E-state index is 5.70. The van der Waals surface area contributed by atoms with E-state index in [0.29, 0.717) is 0 Å². The third-order valence-corrected chi connectivity index (χ3v) is 5.57. The molecule has 22 heavy (non-hydrogen) atoms. The van der Waals surface area contributed by atoms with E-state index < -0.39 is 0 Å². The van der Waals surface area contributed by atoms with Crippen molar-refractivity contribution in [3.05, 3.63) is 30.5 Å². The first-order valence-corrected chi connectivity index (χ1v) is 8.95. The average Bonchev–Trinajstić information content (AvgIpc) is 3.05. The molecule has 1 aliphatic carbocycles. The number of fused-ring (bicyclic) bond motifs is 1. The second-order valence-corrected chi connectivity index (χ2v) is 7.06. The number of nitrogens with zero attached hydrogens (tertiary/aromatic N) is 1. The topological polar surface area (TPSA) is 20.8 Å². The average molecular weight is 299 g/mol. The van der Waals surface area contributed by atoms with Crippen LogP contribution in [0.4, 0.5) is 5.69 Å². The molecule has 0 amide bonds. The molecular weight excluding hydrogens is 272 g/mol. The van der Waals surface area contributed by atoms with Crippen molar-refractivity contribution in [1.82, 2.24) is 0 Å². The summed E-state index contributed by atoms with van der Waals surface area (Å²) in [7, 11) is 0. The normalized spacial score (nSPS) is 21.5. The summed E-state index contributed by atoms with van der Waals surface area (Å²) in [6.45, 7) is 6.25. The van der Waals surface area contributed by atoms with Crippen LogP contribution in [0.25, 0.3) is 11.0 Å². The van der Waals surface area contributed by atoms with E-state index in [0.717, 1.165) is 24.6 Å². The van der Waals surface area contributed by atoms with E-state index in [-0.39, 0.29) is 0 Å². The van der Waals surface area contributed by atoms with E-state index in [4.69, 9.17) is 4.42 Å². The van der Waals surface area contributed by atoms with Crippen LogP contribution in [0.5, 0.6) is 0 Å². The van der Waals surface area contributed by atoms with Gasteiger partial charge < -0.3 is 14.2 Å². The minimum Gasteiger partial charge on any atom is -0.462 e. The molecule has 2 aliphatic rings. The summed E-state index contributed by atoms with van der Waals surface area (Å²) in [6.07, 6.45) is 9.14. The molecule has 1 aromatic heterocycles. The number of nitrogens with one attached hydrogen (secondary N) is 1. The lowest BCUT2D eigenvalue weighted by molar-refractivity contribution is -0.904. The number of hydrogen-bond acceptors (Lipinski definition) is 2. The predicted octanol–water partition coefficient (Wildman–Crippen LogP) is 2.72. The van der Waals surface area contributed by atoms with E-state index in [1.54, 1.807) is 6.26 Å². The van der Waals surface area contributed by atoms with Gasteiger partial charge in [0.25, 0.3) is 0 Å². The Balaban J connectivity index is 1.38. The Morgan fingerprint density at radius 1 is 1.05 bits per heavy atom. The molecule has 0 spiro atoms. The fourth-order valence-electron chi connectivity index (χ4n) is 4.29. The molecule has 2 heterocycles. The lowest BCUT2D eigenvalue weighted by Gasteiger charge is -2.35. The monoisotopic (exact) mass is 299 g/mol. The quantitative estimate of drug-likeness (QED) is 0.941. The Morgan fingerprint density at radius 2 is 1.86 bits per heavy atom. The minimum atomic E-state index is 0.990. The molecule has 0 unspecified atom stereocenters. The van der Waals surface area contributed by atoms with Crippen molar-refractivity contribution in [3.8, 4) is 0 Å². The van der Waals surface area contributed by atoms with Crippen molar-refractivity contribution in [2.75, 3.05) is 37.6 Å². The van der Waals surface area contributed by atoms with Gasteiger partial charge in [-0.1, -0.05) is 31.4 Å². The third-order valence-electron chi connectivity index (χ3n) is 5.57. The molecular formula is C19H27N2O+. The van der Waals surface area contributed by atoms with Crippen LogP contribution in [-0.4, -0.2) is 32.7 Å². The molecule has 0 bridgehead atoms. The predicted molar refractivity (Wildman–Crippen MR) is 90.6 cm³/mol. The molecule has 2 fully saturated rings. The van der Waals surface area contributed by atoms with Crippen LogP contribution in [0, 0.1) is 5.92 Å². The van der Waals surface area contributed by atoms with Crippen molar-refractivity contribution in [2.24, 2.45) is 5.92 Å². The Bertz CT molecular complexity index is 607. The van der Waals surface area contributed by atoms with Gasteiger partial charge in [-0.25, -0.2) is 0 Å². The van der Waals surface area contributed by atoms with Crippen LogP contribution < -0.4 is 9.80 Å². The summed E-state index contributed by atoms with van der Waals surface area (Å²) < 4.78 is 5.70. The van der Waals surface area contributed by atoms with Gasteiger partial charge in [-0.3, -0.25) is 0 Å². The number of benzene rings is 1. The molecule has 0 atom stereocenters. The highest BCUT2D eigenvalue weighted by Gasteiger charge is 2.25. The molecule has 1 N–H and O–H groups in total. The first-order chi connectivity index (χ1) is 10.9. The summed E-state index contributed by atoms with van der Waals surface area (Å²) in [6, 6.07) is 8.54. The minimum absolute atomic E-state index is 0.990. The second kappa shape index (κ2) is 6.33. The molecule has 1 aromatic carbocycles. The van der Waals surface area contributed by atoms with Gasteiger partial charge in [0, 0.05) is 11.3 Å². The summed E-state index contributed by atoms with van der Waals surface area (Å²) in [5, 5.41) is 1.22. The zero-order chi connectivity index (χ0) is 14.8. The van der Waals surface area contributed by atoms with Crippen LogP contribution in [0.3, 0.4) is 0 Å². The van der Waals surface area contributed by atoms with Gasteiger partial charge >= 0.3 is 0 Å². The lowest BCUT2D eigenvalue weighted by Crippen LogP contribution is -3.15. The number of rotatable bonds is 3. The fraction of sp³-hybridized carbons (Fsp3) is 0.579. The van der Waals surface area contributed by atoms with Gasteiger partial charge in [0.05, 0.1) is 44.7 Å². The van der Waals surface area contributed by atoms with E-state index >= 15 is 0 Å². The van der Waals surface area contributed by atoms with Crippen molar-refractivity contribution in [3.63, 3.8) is 0 Å². The highest BCUT2D eigenvalue weighted by Crippen LogP contribution is 2.27. The van der Waals surface area contributed by atoms with Crippen molar-refractivity contribution in [1.29, 1.82) is 0 Å². The van der Waals surface area contributed by atoms with Crippen molar-refractivity contribution < 1.29 is 9.32 Å². The van der Waals surface area contributed by atoms with Crippen LogP contribution >= 0.6 is 0 Å². The fourth-order valence-corrected chi connectivity index (χ4v) is 4.29. The Labute approximate surface area is 132 Å². The highest BCUT2D eigenvalue weighted by molar-refractivity contribution is 5.89. The molecule has 118 valence electrons. The van der Waals surface area contributed by atoms with Crippen LogP contribution in [0.15, 0.2) is 34.9 Å². The summed E-state index contributed by atoms with van der Waals surface area (Å²) in [4.78, 5) is 4.32. The first-order valence-electron chi connectivity index (χ1n) is 8.95. The number of quaternary nitrogens is 1. The first kappa shape index (κ1) is 14.1. The van der Waals surface area contributed by atoms with Gasteiger partial charge in [-0.15, -0.1) is 0 Å². The molecule has 1 saturated carbocycles. The maximum Gasteiger partial charge on any atom is 0.157 e. The number of para-hydroxylation sites is 1. The Hall–Kier alpha value is -1.48. The summed E-state index contributed by atoms with van der Waals surface area (Å²) >= 11 is 0. The van der Waals surface area contributed by atoms with Gasteiger partial charge in [0.1, 0.15) is 0 Å². The maximum atomic E-state index is 5.70. The molecule has 3 nitrogen and oxygen atoms in total. The third kappa shape index (κ3) is 2.87. The molecule has 1 aliphatic heterocycles. The Kier molecular flexibility index (Phi) is 4.07. The molecule has 4 rings (SSSR count). The van der Waals surface area contributed by atoms with Crippen LogP contribution in [0.2, 0.25) is 0 Å². The van der Waals surface area contributed by atoms with Crippen LogP contribution in [-0.2, 0) is 0 Å². The highest BCUT2D eigenvalue weighted by atomic mass is 16.3. The second-order valence-electron chi connectivity index (χ2n) is 7.06. The van der Waals surface area contributed by atoms with E-state index in [1.165, 1.54) is 62.8 Å². The van der Waals surface area contributed by atoms with Gasteiger partial charge in [-0.2, -0.15) is 0 Å². The smallest absolute Gasteiger partial charge is 0.157 e. The molecule has 3 heteroatoms. The van der Waals surface area contributed by atoms with Crippen molar-refractivity contribution in [2.45, 2.75) is 32.1 Å². The van der Waals surface area contributed by atoms with E-state index in [9.17, 15) is 0 Å². The Morgan fingerprint density at radius 3 is 2.68 bits per heavy atom. The van der Waals surface area contributed by atoms with Gasteiger partial charge in [0.15, 0.2) is 5.58 Å². The number of piperazine rings is 1. The number of hydrogen-bond donors (Lipinski definition) is 1. The van der Waals surface area contributed by atoms with Crippen LogP contribution in [0.1, 0.15) is 32.1 Å². The summed E-state index contributed by atoms with van der Waals surface area (Å²) in [5.74, 6) is 0.990. The summed E-state index contributed by atoms with van der Waals surface area (Å²) in [5.41, 5.74) is 2.33. The molecule has 2 aromatic rings. The SMILES string of the molecule is c1cc(N2CC[NH+](CC3CCCCC3)CC2)c2occc2c1. The standard InChI is InChI=1S/C19H26N2O/c1-2-5-16(6-3-1)15-20-10-12-21(13-11-20)18-8-4-7-17-9-14-22-19(17)18/h4,7-9,14,16H,1-3,5-6,10-13,15H2/p+1. The molecule has 1 saturated heterocycles. The van der Waals surface area contributed by atoms with Crippen molar-refractivity contribution >= 4 is 16.7 Å².